The number of hydrogen-bond donors (Lipinski definition) is 1. The van der Waals surface area contributed by atoms with Crippen LogP contribution < -0.4 is 10.5 Å². The molecule has 1 fully saturated rings. The van der Waals surface area contributed by atoms with E-state index in [1.54, 1.807) is 0 Å². The molecule has 0 bridgehead atoms. The molecule has 0 aliphatic carbocycles. The highest BCUT2D eigenvalue weighted by Gasteiger charge is 2.33. The number of cyclic esters (lactones) is 1. The number of ether oxygens (including phenoxy) is 2. The van der Waals surface area contributed by atoms with Crippen LogP contribution in [-0.4, -0.2) is 24.7 Å². The number of esters is 1. The Labute approximate surface area is 105 Å². The molecular formula is C11H9F4NO3. The van der Waals surface area contributed by atoms with Crippen molar-refractivity contribution in [2.24, 2.45) is 5.73 Å². The van der Waals surface area contributed by atoms with Crippen molar-refractivity contribution in [1.82, 2.24) is 0 Å². The molecule has 1 saturated heterocycles. The maximum atomic E-state index is 13.2. The molecule has 0 saturated carbocycles. The molecule has 2 rings (SSSR count). The first kappa shape index (κ1) is 13.6. The van der Waals surface area contributed by atoms with E-state index >= 15 is 0 Å². The number of rotatable bonds is 3. The Morgan fingerprint density at radius 2 is 1.84 bits per heavy atom. The lowest BCUT2D eigenvalue weighted by atomic mass is 10.2. The highest BCUT2D eigenvalue weighted by atomic mass is 19.2. The van der Waals surface area contributed by atoms with Gasteiger partial charge in [0.05, 0.1) is 12.5 Å². The van der Waals surface area contributed by atoms with Crippen LogP contribution in [-0.2, 0) is 9.53 Å². The summed E-state index contributed by atoms with van der Waals surface area (Å²) in [5.74, 6) is -8.25. The normalized spacial score (nSPS) is 22.5. The third-order valence-corrected chi connectivity index (χ3v) is 2.63. The summed E-state index contributed by atoms with van der Waals surface area (Å²) >= 11 is 0. The third kappa shape index (κ3) is 2.62. The number of hydrogen-bond acceptors (Lipinski definition) is 4. The van der Waals surface area contributed by atoms with Crippen molar-refractivity contribution in [1.29, 1.82) is 0 Å². The highest BCUT2D eigenvalue weighted by molar-refractivity contribution is 5.72. The molecule has 104 valence electrons. The quantitative estimate of drug-likeness (QED) is 0.514. The average molecular weight is 279 g/mol. The van der Waals surface area contributed by atoms with E-state index in [1.165, 1.54) is 0 Å². The number of nitrogens with two attached hydrogens (primary N) is 1. The van der Waals surface area contributed by atoms with E-state index in [1.807, 2.05) is 0 Å². The monoisotopic (exact) mass is 279 g/mol. The molecule has 2 atom stereocenters. The summed E-state index contributed by atoms with van der Waals surface area (Å²) in [7, 11) is 0. The standard InChI is InChI=1S/C11H9F4NO3/c12-4-1-5(13)10(15)11(9(4)14)18-3-7-6(16)2-8(17)19-7/h1,6-7H,2-3,16H2. The first-order chi connectivity index (χ1) is 8.90. The van der Waals surface area contributed by atoms with Gasteiger partial charge >= 0.3 is 5.97 Å². The second kappa shape index (κ2) is 5.04. The minimum Gasteiger partial charge on any atom is -0.483 e. The number of carbonyl (C=O) groups excluding carboxylic acids is 1. The molecule has 1 aliphatic heterocycles. The van der Waals surface area contributed by atoms with Gasteiger partial charge in [0, 0.05) is 6.07 Å². The minimum absolute atomic E-state index is 0.0590. The van der Waals surface area contributed by atoms with Crippen molar-refractivity contribution >= 4 is 5.97 Å². The molecule has 4 nitrogen and oxygen atoms in total. The Hall–Kier alpha value is -1.83. The van der Waals surface area contributed by atoms with Crippen molar-refractivity contribution in [3.05, 3.63) is 29.3 Å². The van der Waals surface area contributed by atoms with Crippen LogP contribution in [0.1, 0.15) is 6.42 Å². The zero-order chi connectivity index (χ0) is 14.2. The molecule has 8 heteroatoms. The molecule has 1 aromatic carbocycles. The lowest BCUT2D eigenvalue weighted by Gasteiger charge is -2.15. The lowest BCUT2D eigenvalue weighted by Crippen LogP contribution is -2.35. The fourth-order valence-corrected chi connectivity index (χ4v) is 1.63. The van der Waals surface area contributed by atoms with Gasteiger partial charge < -0.3 is 15.2 Å². The Morgan fingerprint density at radius 1 is 1.26 bits per heavy atom. The van der Waals surface area contributed by atoms with E-state index in [0.717, 1.165) is 0 Å². The summed E-state index contributed by atoms with van der Waals surface area (Å²) in [5.41, 5.74) is 5.51. The smallest absolute Gasteiger partial charge is 0.307 e. The van der Waals surface area contributed by atoms with Crippen molar-refractivity contribution in [2.75, 3.05) is 6.61 Å². The van der Waals surface area contributed by atoms with Gasteiger partial charge in [0.25, 0.3) is 0 Å². The Kier molecular flexibility index (Phi) is 3.61. The van der Waals surface area contributed by atoms with E-state index in [0.29, 0.717) is 0 Å². The fraction of sp³-hybridized carbons (Fsp3) is 0.364. The average Bonchev–Trinajstić information content (AvgIpc) is 2.65. The van der Waals surface area contributed by atoms with Gasteiger partial charge in [-0.25, -0.2) is 8.78 Å². The topological polar surface area (TPSA) is 61.6 Å². The molecule has 2 N–H and O–H groups in total. The van der Waals surface area contributed by atoms with Crippen LogP contribution in [0.15, 0.2) is 6.07 Å². The minimum atomic E-state index is -1.66. The van der Waals surface area contributed by atoms with Gasteiger partial charge in [-0.05, 0) is 0 Å². The van der Waals surface area contributed by atoms with Crippen LogP contribution in [0.3, 0.4) is 0 Å². The van der Waals surface area contributed by atoms with E-state index in [4.69, 9.17) is 10.5 Å². The van der Waals surface area contributed by atoms with E-state index in [9.17, 15) is 22.4 Å². The predicted octanol–water partition coefficient (Wildman–Crippen LogP) is 1.26. The molecule has 19 heavy (non-hydrogen) atoms. The summed E-state index contributed by atoms with van der Waals surface area (Å²) in [4.78, 5) is 10.9. The molecule has 0 amide bonds. The van der Waals surface area contributed by atoms with Gasteiger partial charge in [0.2, 0.25) is 11.6 Å². The van der Waals surface area contributed by atoms with E-state index in [-0.39, 0.29) is 12.5 Å². The van der Waals surface area contributed by atoms with Gasteiger partial charge in [-0.2, -0.15) is 8.78 Å². The Bertz CT molecular complexity index is 497. The first-order valence-corrected chi connectivity index (χ1v) is 5.31. The van der Waals surface area contributed by atoms with Gasteiger partial charge in [0.15, 0.2) is 23.5 Å². The van der Waals surface area contributed by atoms with Crippen molar-refractivity contribution in [3.63, 3.8) is 0 Å². The van der Waals surface area contributed by atoms with Crippen LogP contribution in [0.4, 0.5) is 17.6 Å². The zero-order valence-electron chi connectivity index (χ0n) is 9.46. The molecule has 0 radical (unpaired) electrons. The maximum Gasteiger partial charge on any atom is 0.307 e. The van der Waals surface area contributed by atoms with Crippen molar-refractivity contribution in [2.45, 2.75) is 18.6 Å². The summed E-state index contributed by atoms with van der Waals surface area (Å²) < 4.78 is 61.6. The summed E-state index contributed by atoms with van der Waals surface area (Å²) in [6.07, 6.45) is -0.978. The molecule has 1 aliphatic rings. The first-order valence-electron chi connectivity index (χ1n) is 5.31. The maximum absolute atomic E-state index is 13.2. The summed E-state index contributed by atoms with van der Waals surface area (Å²) in [6, 6.07) is -0.629. The molecule has 1 heterocycles. The van der Waals surface area contributed by atoms with Gasteiger partial charge in [-0.15, -0.1) is 0 Å². The third-order valence-electron chi connectivity index (χ3n) is 2.63. The summed E-state index contributed by atoms with van der Waals surface area (Å²) in [6.45, 7) is -0.496. The SMILES string of the molecule is NC1CC(=O)OC1COc1c(F)c(F)cc(F)c1F. The van der Waals surface area contributed by atoms with Crippen LogP contribution >= 0.6 is 0 Å². The van der Waals surface area contributed by atoms with Crippen LogP contribution in [0, 0.1) is 23.3 Å². The van der Waals surface area contributed by atoms with Gasteiger partial charge in [-0.3, -0.25) is 4.79 Å². The second-order valence-electron chi connectivity index (χ2n) is 4.00. The second-order valence-corrected chi connectivity index (χ2v) is 4.00. The molecule has 0 spiro atoms. The summed E-state index contributed by atoms with van der Waals surface area (Å²) in [5, 5.41) is 0. The zero-order valence-corrected chi connectivity index (χ0v) is 9.46. The Balaban J connectivity index is 2.14. The number of carbonyl (C=O) groups is 1. The Morgan fingerprint density at radius 3 is 2.32 bits per heavy atom. The lowest BCUT2D eigenvalue weighted by molar-refractivity contribution is -0.142. The number of halogens is 4. The fourth-order valence-electron chi connectivity index (χ4n) is 1.63. The predicted molar refractivity (Wildman–Crippen MR) is 54.2 cm³/mol. The van der Waals surface area contributed by atoms with Crippen LogP contribution in [0.5, 0.6) is 5.75 Å². The molecule has 1 aromatic rings. The highest BCUT2D eigenvalue weighted by Crippen LogP contribution is 2.27. The van der Waals surface area contributed by atoms with Crippen LogP contribution in [0.25, 0.3) is 0 Å². The van der Waals surface area contributed by atoms with E-state index in [2.05, 4.69) is 4.74 Å². The van der Waals surface area contributed by atoms with E-state index < -0.39 is 53.7 Å². The molecule has 0 aromatic heterocycles. The molecule has 2 unspecified atom stereocenters. The molecular weight excluding hydrogens is 270 g/mol. The van der Waals surface area contributed by atoms with Crippen molar-refractivity contribution in [3.8, 4) is 5.75 Å². The van der Waals surface area contributed by atoms with Gasteiger partial charge in [0.1, 0.15) is 6.61 Å². The largest absolute Gasteiger partial charge is 0.483 e. The van der Waals surface area contributed by atoms with Crippen LogP contribution in [0.2, 0.25) is 0 Å². The number of benzene rings is 1. The van der Waals surface area contributed by atoms with Crippen molar-refractivity contribution < 1.29 is 31.8 Å². The van der Waals surface area contributed by atoms with Gasteiger partial charge in [-0.1, -0.05) is 0 Å².